The van der Waals surface area contributed by atoms with Crippen LogP contribution in [-0.2, 0) is 4.79 Å². The molecule has 0 aromatic heterocycles. The van der Waals surface area contributed by atoms with Crippen LogP contribution in [0, 0.1) is 5.92 Å². The van der Waals surface area contributed by atoms with Gasteiger partial charge in [-0.05, 0) is 54.2 Å². The molecule has 0 atom stereocenters. The summed E-state index contributed by atoms with van der Waals surface area (Å²) in [6.07, 6.45) is 4.69. The van der Waals surface area contributed by atoms with Crippen molar-refractivity contribution < 1.29 is 9.59 Å². The zero-order valence-corrected chi connectivity index (χ0v) is 16.7. The highest BCUT2D eigenvalue weighted by Crippen LogP contribution is 2.25. The average Bonchev–Trinajstić information content (AvgIpc) is 2.69. The van der Waals surface area contributed by atoms with Gasteiger partial charge in [0.2, 0.25) is 5.91 Å². The molecule has 28 heavy (non-hydrogen) atoms. The van der Waals surface area contributed by atoms with Crippen molar-refractivity contribution in [3.63, 3.8) is 0 Å². The molecule has 148 valence electrons. The molecule has 5 heteroatoms. The van der Waals surface area contributed by atoms with Gasteiger partial charge in [-0.1, -0.05) is 44.0 Å². The van der Waals surface area contributed by atoms with Gasteiger partial charge in [0.15, 0.2) is 0 Å². The Morgan fingerprint density at radius 3 is 2.32 bits per heavy atom. The Morgan fingerprint density at radius 2 is 1.68 bits per heavy atom. The number of likely N-dealkylation sites (tertiary alicyclic amines) is 1. The molecule has 2 N–H and O–H groups in total. The minimum absolute atomic E-state index is 0.0182. The second-order valence-corrected chi connectivity index (χ2v) is 7.49. The summed E-state index contributed by atoms with van der Waals surface area (Å²) in [5.74, 6) is 0.676. The van der Waals surface area contributed by atoms with Crippen molar-refractivity contribution >= 4 is 23.3 Å². The SMILES string of the molecule is CCCC1CCN(C(=O)Nc2ccc(-c3cccc(NC(C)=O)c3)cc2)CC1. The lowest BCUT2D eigenvalue weighted by Gasteiger charge is -2.31. The van der Waals surface area contributed by atoms with E-state index in [0.717, 1.165) is 54.4 Å². The van der Waals surface area contributed by atoms with Gasteiger partial charge in [-0.3, -0.25) is 4.79 Å². The summed E-state index contributed by atoms with van der Waals surface area (Å²) in [5, 5.41) is 5.80. The fraction of sp³-hybridized carbons (Fsp3) is 0.391. The number of piperidine rings is 1. The maximum absolute atomic E-state index is 12.5. The van der Waals surface area contributed by atoms with Gasteiger partial charge in [0.05, 0.1) is 0 Å². The first-order valence-electron chi connectivity index (χ1n) is 10.1. The van der Waals surface area contributed by atoms with E-state index in [4.69, 9.17) is 0 Å². The molecule has 1 fully saturated rings. The van der Waals surface area contributed by atoms with Crippen LogP contribution in [0.5, 0.6) is 0 Å². The summed E-state index contributed by atoms with van der Waals surface area (Å²) < 4.78 is 0. The molecule has 0 unspecified atom stereocenters. The first-order chi connectivity index (χ1) is 13.5. The number of nitrogens with zero attached hydrogens (tertiary/aromatic N) is 1. The molecule has 1 aliphatic rings. The zero-order chi connectivity index (χ0) is 19.9. The van der Waals surface area contributed by atoms with E-state index in [9.17, 15) is 9.59 Å². The van der Waals surface area contributed by atoms with E-state index < -0.39 is 0 Å². The Kier molecular flexibility index (Phi) is 6.69. The van der Waals surface area contributed by atoms with Crippen LogP contribution in [-0.4, -0.2) is 29.9 Å². The summed E-state index contributed by atoms with van der Waals surface area (Å²) in [7, 11) is 0. The lowest BCUT2D eigenvalue weighted by Crippen LogP contribution is -2.41. The minimum Gasteiger partial charge on any atom is -0.326 e. The highest BCUT2D eigenvalue weighted by Gasteiger charge is 2.22. The quantitative estimate of drug-likeness (QED) is 0.735. The maximum atomic E-state index is 12.5. The summed E-state index contributed by atoms with van der Waals surface area (Å²) in [4.78, 5) is 25.7. The van der Waals surface area contributed by atoms with Crippen LogP contribution in [0.2, 0.25) is 0 Å². The third-order valence-corrected chi connectivity index (χ3v) is 5.25. The normalized spacial score (nSPS) is 14.6. The van der Waals surface area contributed by atoms with Crippen molar-refractivity contribution in [3.8, 4) is 11.1 Å². The first kappa shape index (κ1) is 19.9. The van der Waals surface area contributed by atoms with Crippen LogP contribution >= 0.6 is 0 Å². The predicted octanol–water partition coefficient (Wildman–Crippen LogP) is 5.36. The summed E-state index contributed by atoms with van der Waals surface area (Å²) >= 11 is 0. The summed E-state index contributed by atoms with van der Waals surface area (Å²) in [6.45, 7) is 5.39. The lowest BCUT2D eigenvalue weighted by atomic mass is 9.93. The lowest BCUT2D eigenvalue weighted by molar-refractivity contribution is -0.114. The van der Waals surface area contributed by atoms with Crippen molar-refractivity contribution in [2.75, 3.05) is 23.7 Å². The number of rotatable bonds is 5. The van der Waals surface area contributed by atoms with Crippen molar-refractivity contribution in [1.29, 1.82) is 0 Å². The van der Waals surface area contributed by atoms with Crippen LogP contribution in [0.4, 0.5) is 16.2 Å². The van der Waals surface area contributed by atoms with Crippen LogP contribution in [0.1, 0.15) is 39.5 Å². The fourth-order valence-corrected chi connectivity index (χ4v) is 3.76. The Bertz CT molecular complexity index is 809. The number of urea groups is 1. The van der Waals surface area contributed by atoms with Gasteiger partial charge in [-0.25, -0.2) is 4.79 Å². The van der Waals surface area contributed by atoms with Crippen molar-refractivity contribution in [2.24, 2.45) is 5.92 Å². The number of hydrogen-bond donors (Lipinski definition) is 2. The monoisotopic (exact) mass is 379 g/mol. The molecule has 1 aliphatic heterocycles. The smallest absolute Gasteiger partial charge is 0.321 e. The Hall–Kier alpha value is -2.82. The second-order valence-electron chi connectivity index (χ2n) is 7.49. The largest absolute Gasteiger partial charge is 0.326 e. The van der Waals surface area contributed by atoms with Crippen LogP contribution in [0.15, 0.2) is 48.5 Å². The van der Waals surface area contributed by atoms with Crippen LogP contribution < -0.4 is 10.6 Å². The molecule has 0 saturated carbocycles. The van der Waals surface area contributed by atoms with Gasteiger partial charge < -0.3 is 15.5 Å². The molecule has 2 aromatic rings. The Balaban J connectivity index is 1.59. The number of nitrogens with one attached hydrogen (secondary N) is 2. The number of carbonyl (C=O) groups is 2. The molecule has 2 aromatic carbocycles. The highest BCUT2D eigenvalue weighted by atomic mass is 16.2. The van der Waals surface area contributed by atoms with E-state index in [1.54, 1.807) is 0 Å². The third-order valence-electron chi connectivity index (χ3n) is 5.25. The number of benzene rings is 2. The molecule has 0 radical (unpaired) electrons. The molecule has 3 rings (SSSR count). The Labute approximate surface area is 167 Å². The molecule has 0 spiro atoms. The fourth-order valence-electron chi connectivity index (χ4n) is 3.76. The minimum atomic E-state index is -0.0889. The van der Waals surface area contributed by atoms with E-state index in [-0.39, 0.29) is 11.9 Å². The maximum Gasteiger partial charge on any atom is 0.321 e. The molecule has 3 amide bonds. The van der Waals surface area contributed by atoms with Crippen LogP contribution in [0.3, 0.4) is 0 Å². The molecule has 1 saturated heterocycles. The van der Waals surface area contributed by atoms with E-state index in [1.807, 2.05) is 53.4 Å². The standard InChI is InChI=1S/C23H29N3O2/c1-3-5-18-12-14-26(15-13-18)23(28)25-21-10-8-19(9-11-21)20-6-4-7-22(16-20)24-17(2)27/h4,6-11,16,18H,3,5,12-15H2,1-2H3,(H,24,27)(H,25,28). The van der Waals surface area contributed by atoms with Gasteiger partial charge in [-0.15, -0.1) is 0 Å². The topological polar surface area (TPSA) is 61.4 Å². The molecule has 0 aliphatic carbocycles. The molecule has 1 heterocycles. The zero-order valence-electron chi connectivity index (χ0n) is 16.7. The Morgan fingerprint density at radius 1 is 0.964 bits per heavy atom. The van der Waals surface area contributed by atoms with Crippen molar-refractivity contribution in [2.45, 2.75) is 39.5 Å². The van der Waals surface area contributed by atoms with Gasteiger partial charge in [0.25, 0.3) is 0 Å². The number of hydrogen-bond acceptors (Lipinski definition) is 2. The second kappa shape index (κ2) is 9.40. The number of carbonyl (C=O) groups excluding carboxylic acids is 2. The van der Waals surface area contributed by atoms with E-state index in [1.165, 1.54) is 19.8 Å². The highest BCUT2D eigenvalue weighted by molar-refractivity contribution is 5.90. The van der Waals surface area contributed by atoms with Crippen LogP contribution in [0.25, 0.3) is 11.1 Å². The van der Waals surface area contributed by atoms with Gasteiger partial charge in [0.1, 0.15) is 0 Å². The van der Waals surface area contributed by atoms with E-state index in [2.05, 4.69) is 17.6 Å². The first-order valence-corrected chi connectivity index (χ1v) is 10.1. The van der Waals surface area contributed by atoms with Gasteiger partial charge >= 0.3 is 6.03 Å². The summed E-state index contributed by atoms with van der Waals surface area (Å²) in [6, 6.07) is 15.5. The summed E-state index contributed by atoms with van der Waals surface area (Å²) in [5.41, 5.74) is 3.61. The van der Waals surface area contributed by atoms with Gasteiger partial charge in [0, 0.05) is 31.4 Å². The van der Waals surface area contributed by atoms with E-state index >= 15 is 0 Å². The van der Waals surface area contributed by atoms with Gasteiger partial charge in [-0.2, -0.15) is 0 Å². The average molecular weight is 380 g/mol. The molecule has 5 nitrogen and oxygen atoms in total. The molecule has 0 bridgehead atoms. The molecular weight excluding hydrogens is 350 g/mol. The molecular formula is C23H29N3O2. The number of anilines is 2. The van der Waals surface area contributed by atoms with Crippen molar-refractivity contribution in [3.05, 3.63) is 48.5 Å². The van der Waals surface area contributed by atoms with E-state index in [0.29, 0.717) is 0 Å². The predicted molar refractivity (Wildman–Crippen MR) is 114 cm³/mol. The third kappa shape index (κ3) is 5.35. The van der Waals surface area contributed by atoms with Crippen molar-refractivity contribution in [1.82, 2.24) is 4.90 Å². The number of amides is 3.